The molecule has 0 amide bonds. The lowest BCUT2D eigenvalue weighted by Crippen LogP contribution is -2.61. The third kappa shape index (κ3) is 2.97. The molecule has 1 heterocycles. The Bertz CT molecular complexity index is 597. The van der Waals surface area contributed by atoms with Crippen LogP contribution in [0.1, 0.15) is 58.4 Å². The molecule has 1 aromatic carbocycles. The number of rotatable bonds is 3. The van der Waals surface area contributed by atoms with Crippen LogP contribution in [-0.4, -0.2) is 24.0 Å². The summed E-state index contributed by atoms with van der Waals surface area (Å²) in [5.74, 6) is 0. The van der Waals surface area contributed by atoms with Crippen LogP contribution in [0, 0.1) is 22.2 Å². The number of hydrogen-bond acceptors (Lipinski definition) is 2. The van der Waals surface area contributed by atoms with Gasteiger partial charge in [0.15, 0.2) is 5.67 Å². The maximum atomic E-state index is 15.0. The Morgan fingerprint density at radius 3 is 2.25 bits per heavy atom. The molecule has 1 saturated heterocycles. The van der Waals surface area contributed by atoms with Crippen molar-refractivity contribution in [3.8, 4) is 6.07 Å². The first-order chi connectivity index (χ1) is 11.3. The predicted molar refractivity (Wildman–Crippen MR) is 95.2 cm³/mol. The van der Waals surface area contributed by atoms with Crippen LogP contribution in [0.4, 0.5) is 4.39 Å². The highest BCUT2D eigenvalue weighted by Crippen LogP contribution is 2.53. The molecule has 1 aliphatic carbocycles. The van der Waals surface area contributed by atoms with Gasteiger partial charge in [-0.15, -0.1) is 0 Å². The lowest BCUT2D eigenvalue weighted by atomic mass is 9.57. The van der Waals surface area contributed by atoms with Crippen LogP contribution in [0.5, 0.6) is 0 Å². The normalized spacial score (nSPS) is 30.4. The van der Waals surface area contributed by atoms with Gasteiger partial charge in [0.2, 0.25) is 0 Å². The van der Waals surface area contributed by atoms with Crippen LogP contribution in [0.2, 0.25) is 0 Å². The highest BCUT2D eigenvalue weighted by atomic mass is 19.1. The van der Waals surface area contributed by atoms with E-state index in [0.717, 1.165) is 31.2 Å². The maximum absolute atomic E-state index is 15.0. The van der Waals surface area contributed by atoms with E-state index in [1.165, 1.54) is 0 Å². The fourth-order valence-electron chi connectivity index (χ4n) is 4.64. The number of hydrogen-bond donors (Lipinski definition) is 0. The number of nitriles is 1. The van der Waals surface area contributed by atoms with Crippen molar-refractivity contribution < 1.29 is 4.39 Å². The van der Waals surface area contributed by atoms with E-state index in [0.29, 0.717) is 25.6 Å². The Labute approximate surface area is 145 Å². The third-order valence-corrected chi connectivity index (χ3v) is 6.64. The molecule has 130 valence electrons. The van der Waals surface area contributed by atoms with Crippen molar-refractivity contribution in [3.05, 3.63) is 35.9 Å². The van der Waals surface area contributed by atoms with E-state index >= 15 is 4.39 Å². The quantitative estimate of drug-likeness (QED) is 0.776. The van der Waals surface area contributed by atoms with Gasteiger partial charge in [0.1, 0.15) is 0 Å². The van der Waals surface area contributed by atoms with Crippen molar-refractivity contribution in [2.45, 2.75) is 64.6 Å². The van der Waals surface area contributed by atoms with Gasteiger partial charge in [0.25, 0.3) is 0 Å². The number of halogens is 1. The fourth-order valence-corrected chi connectivity index (χ4v) is 4.64. The highest BCUT2D eigenvalue weighted by molar-refractivity contribution is 5.26. The van der Waals surface area contributed by atoms with Gasteiger partial charge in [-0.3, -0.25) is 4.90 Å². The lowest BCUT2D eigenvalue weighted by Gasteiger charge is -2.54. The Kier molecular flexibility index (Phi) is 4.47. The van der Waals surface area contributed by atoms with Gasteiger partial charge in [0.05, 0.1) is 6.07 Å². The number of nitrogens with zero attached hydrogens (tertiary/aromatic N) is 2. The van der Waals surface area contributed by atoms with Crippen LogP contribution in [0.15, 0.2) is 30.3 Å². The van der Waals surface area contributed by atoms with Crippen LogP contribution in [0.3, 0.4) is 0 Å². The van der Waals surface area contributed by atoms with E-state index in [4.69, 9.17) is 0 Å². The topological polar surface area (TPSA) is 27.0 Å². The molecule has 3 heteroatoms. The summed E-state index contributed by atoms with van der Waals surface area (Å²) >= 11 is 0. The third-order valence-electron chi connectivity index (χ3n) is 6.64. The molecule has 2 fully saturated rings. The molecule has 1 saturated carbocycles. The molecule has 2 aliphatic rings. The van der Waals surface area contributed by atoms with E-state index < -0.39 is 5.67 Å². The average Bonchev–Trinajstić information content (AvgIpc) is 2.53. The molecule has 0 N–H and O–H groups in total. The lowest BCUT2D eigenvalue weighted by molar-refractivity contribution is -0.0863. The van der Waals surface area contributed by atoms with Crippen molar-refractivity contribution in [3.63, 3.8) is 0 Å². The molecule has 0 bridgehead atoms. The minimum atomic E-state index is -1.17. The summed E-state index contributed by atoms with van der Waals surface area (Å²) in [6.45, 7) is 7.81. The first-order valence-electron chi connectivity index (χ1n) is 9.15. The Balaban J connectivity index is 1.60. The van der Waals surface area contributed by atoms with Crippen molar-refractivity contribution in [2.24, 2.45) is 10.8 Å². The van der Waals surface area contributed by atoms with Crippen LogP contribution < -0.4 is 0 Å². The number of alkyl halides is 1. The zero-order valence-corrected chi connectivity index (χ0v) is 15.2. The van der Waals surface area contributed by atoms with Crippen molar-refractivity contribution in [1.29, 1.82) is 5.26 Å². The summed E-state index contributed by atoms with van der Waals surface area (Å²) in [6, 6.07) is 12.5. The molecular weight excluding hydrogens is 299 g/mol. The molecule has 0 atom stereocenters. The summed E-state index contributed by atoms with van der Waals surface area (Å²) in [5.41, 5.74) is -0.0937. The molecule has 1 aliphatic heterocycles. The summed E-state index contributed by atoms with van der Waals surface area (Å²) in [4.78, 5) is 2.31. The first kappa shape index (κ1) is 17.4. The molecule has 2 nitrogen and oxygen atoms in total. The van der Waals surface area contributed by atoms with Crippen LogP contribution in [0.25, 0.3) is 0 Å². The summed E-state index contributed by atoms with van der Waals surface area (Å²) in [6.07, 6.45) is 4.97. The average molecular weight is 328 g/mol. The molecular formula is C21H29FN2. The van der Waals surface area contributed by atoms with Gasteiger partial charge in [-0.1, -0.05) is 51.1 Å². The molecule has 24 heavy (non-hydrogen) atoms. The molecule has 0 aromatic heterocycles. The van der Waals surface area contributed by atoms with E-state index in [-0.39, 0.29) is 10.8 Å². The second-order valence-corrected chi connectivity index (χ2v) is 8.83. The summed E-state index contributed by atoms with van der Waals surface area (Å²) < 4.78 is 15.0. The van der Waals surface area contributed by atoms with Gasteiger partial charge in [-0.25, -0.2) is 4.39 Å². The first-order valence-corrected chi connectivity index (χ1v) is 9.15. The van der Waals surface area contributed by atoms with E-state index in [2.05, 4.69) is 31.7 Å². The monoisotopic (exact) mass is 328 g/mol. The fraction of sp³-hybridized carbons (Fsp3) is 0.667. The van der Waals surface area contributed by atoms with E-state index in [9.17, 15) is 5.26 Å². The molecule has 1 aromatic rings. The predicted octanol–water partition coefficient (Wildman–Crippen LogP) is 5.06. The SMILES string of the molecule is CC(C)(C)C1(CC#N)CCC(N2CC(F)(c3ccccc3)C2)CC1. The second-order valence-electron chi connectivity index (χ2n) is 8.83. The summed E-state index contributed by atoms with van der Waals surface area (Å²) in [5, 5.41) is 9.26. The minimum absolute atomic E-state index is 0.120. The number of likely N-dealkylation sites (tertiary alicyclic amines) is 1. The summed E-state index contributed by atoms with van der Waals surface area (Å²) in [7, 11) is 0. The Morgan fingerprint density at radius 1 is 1.17 bits per heavy atom. The molecule has 3 rings (SSSR count). The minimum Gasteiger partial charge on any atom is -0.293 e. The van der Waals surface area contributed by atoms with Gasteiger partial charge >= 0.3 is 0 Å². The zero-order chi connectivity index (χ0) is 17.4. The van der Waals surface area contributed by atoms with Gasteiger partial charge in [0, 0.05) is 25.6 Å². The number of benzene rings is 1. The van der Waals surface area contributed by atoms with Crippen molar-refractivity contribution in [1.82, 2.24) is 4.90 Å². The second kappa shape index (κ2) is 6.15. The largest absolute Gasteiger partial charge is 0.293 e. The van der Waals surface area contributed by atoms with Crippen molar-refractivity contribution in [2.75, 3.05) is 13.1 Å². The van der Waals surface area contributed by atoms with Crippen LogP contribution >= 0.6 is 0 Å². The smallest absolute Gasteiger partial charge is 0.161 e. The Morgan fingerprint density at radius 2 is 1.75 bits per heavy atom. The van der Waals surface area contributed by atoms with Crippen LogP contribution in [-0.2, 0) is 5.67 Å². The molecule has 0 spiro atoms. The molecule has 0 unspecified atom stereocenters. The van der Waals surface area contributed by atoms with Gasteiger partial charge < -0.3 is 0 Å². The van der Waals surface area contributed by atoms with Gasteiger partial charge in [-0.2, -0.15) is 5.26 Å². The zero-order valence-electron chi connectivity index (χ0n) is 15.2. The standard InChI is InChI=1S/C21H29FN2/c1-19(2,3)20(13-14-23)11-9-18(10-12-20)24-15-21(22,16-24)17-7-5-4-6-8-17/h4-8,18H,9-13,15-16H2,1-3H3. The van der Waals surface area contributed by atoms with E-state index in [1.54, 1.807) is 0 Å². The van der Waals surface area contributed by atoms with Crippen molar-refractivity contribution >= 4 is 0 Å². The van der Waals surface area contributed by atoms with E-state index in [1.807, 2.05) is 30.3 Å². The molecule has 0 radical (unpaired) electrons. The Hall–Kier alpha value is -1.40. The highest BCUT2D eigenvalue weighted by Gasteiger charge is 2.50. The van der Waals surface area contributed by atoms with Gasteiger partial charge in [-0.05, 0) is 42.1 Å². The maximum Gasteiger partial charge on any atom is 0.161 e.